The van der Waals surface area contributed by atoms with Crippen LogP contribution in [0.4, 0.5) is 0 Å². The van der Waals surface area contributed by atoms with Crippen LogP contribution < -0.4 is 32.8 Å². The van der Waals surface area contributed by atoms with Crippen molar-refractivity contribution >= 4 is 122 Å². The zero-order valence-corrected chi connectivity index (χ0v) is 27.5. The highest BCUT2D eigenvalue weighted by molar-refractivity contribution is 6.69. The van der Waals surface area contributed by atoms with E-state index in [0.717, 1.165) is 65.2 Å². The molecule has 0 saturated carbocycles. The van der Waals surface area contributed by atoms with E-state index in [4.69, 9.17) is 48.5 Å². The molecule has 1 aliphatic heterocycles. The maximum Gasteiger partial charge on any atom is 0.494 e. The first-order valence-corrected chi connectivity index (χ1v) is 16.2. The van der Waals surface area contributed by atoms with Crippen molar-refractivity contribution in [3.05, 3.63) is 97.1 Å². The van der Waals surface area contributed by atoms with Gasteiger partial charge in [-0.1, -0.05) is 102 Å². The van der Waals surface area contributed by atoms with Crippen molar-refractivity contribution in [2.24, 2.45) is 0 Å². The molecule has 48 heavy (non-hydrogen) atoms. The molecule has 1 saturated heterocycles. The molecule has 0 spiro atoms. The summed E-state index contributed by atoms with van der Waals surface area (Å²) in [5.74, 6) is 0. The fourth-order valence-electron chi connectivity index (χ4n) is 7.26. The molecule has 0 amide bonds. The number of hydrogen-bond acceptors (Lipinski definition) is 2. The smallest absolute Gasteiger partial charge is 0.399 e. The molecular formula is C40H28B6O2. The lowest BCUT2D eigenvalue weighted by atomic mass is 9.59. The lowest BCUT2D eigenvalue weighted by molar-refractivity contribution is 0.00578. The van der Waals surface area contributed by atoms with Gasteiger partial charge in [0, 0.05) is 0 Å². The lowest BCUT2D eigenvalue weighted by Gasteiger charge is -2.32. The highest BCUT2D eigenvalue weighted by Gasteiger charge is 2.51. The van der Waals surface area contributed by atoms with Crippen LogP contribution in [0.15, 0.2) is 97.1 Å². The molecule has 218 valence electrons. The SMILES string of the molecule is [B]c1c([B])c([B])c(-c2c3ccccc3c(-c3cc4ccccc4c4cc(B5OC(C)(C)C(C)(C)O5)ccc34)c3ccccc23)c([B])c1[B]. The van der Waals surface area contributed by atoms with Gasteiger partial charge in [-0.25, -0.2) is 0 Å². The lowest BCUT2D eigenvalue weighted by Crippen LogP contribution is -2.55. The molecule has 8 heteroatoms. The summed E-state index contributed by atoms with van der Waals surface area (Å²) in [7, 11) is 31.9. The van der Waals surface area contributed by atoms with Crippen molar-refractivity contribution in [1.82, 2.24) is 0 Å². The molecule has 7 aromatic rings. The van der Waals surface area contributed by atoms with Crippen molar-refractivity contribution in [1.29, 1.82) is 0 Å². The number of benzene rings is 7. The maximum absolute atomic E-state index is 6.69. The van der Waals surface area contributed by atoms with Crippen LogP contribution in [0, 0.1) is 0 Å². The van der Waals surface area contributed by atoms with Gasteiger partial charge in [-0.05, 0) is 105 Å². The quantitative estimate of drug-likeness (QED) is 0.173. The second-order valence-electron chi connectivity index (χ2n) is 13.8. The number of hydrogen-bond donors (Lipinski definition) is 0. The Morgan fingerprint density at radius 2 is 0.896 bits per heavy atom. The third kappa shape index (κ3) is 4.49. The second kappa shape index (κ2) is 11.0. The number of rotatable bonds is 3. The molecular weight excluding hydrogens is 577 g/mol. The first-order valence-electron chi connectivity index (χ1n) is 16.2. The Morgan fingerprint density at radius 3 is 1.44 bits per heavy atom. The minimum absolute atomic E-state index is 0.196. The van der Waals surface area contributed by atoms with Crippen molar-refractivity contribution in [3.8, 4) is 22.3 Å². The Kier molecular flexibility index (Phi) is 7.11. The van der Waals surface area contributed by atoms with Crippen molar-refractivity contribution in [2.45, 2.75) is 38.9 Å². The summed E-state index contributed by atoms with van der Waals surface area (Å²) in [6.07, 6.45) is 0. The Bertz CT molecular complexity index is 2380. The first-order chi connectivity index (χ1) is 22.9. The van der Waals surface area contributed by atoms with Gasteiger partial charge < -0.3 is 9.31 Å². The Morgan fingerprint density at radius 1 is 0.438 bits per heavy atom. The van der Waals surface area contributed by atoms with Crippen LogP contribution >= 0.6 is 0 Å². The molecule has 1 aliphatic rings. The average molecular weight is 606 g/mol. The molecule has 0 bridgehead atoms. The molecule has 1 fully saturated rings. The van der Waals surface area contributed by atoms with Crippen molar-refractivity contribution in [2.75, 3.05) is 0 Å². The molecule has 2 nitrogen and oxygen atoms in total. The zero-order valence-electron chi connectivity index (χ0n) is 27.5. The monoisotopic (exact) mass is 606 g/mol. The van der Waals surface area contributed by atoms with Crippen LogP contribution in [-0.2, 0) is 9.31 Å². The Hall–Kier alpha value is -4.11. The fourth-order valence-corrected chi connectivity index (χ4v) is 7.26. The van der Waals surface area contributed by atoms with E-state index < -0.39 is 18.3 Å². The minimum Gasteiger partial charge on any atom is -0.399 e. The van der Waals surface area contributed by atoms with Gasteiger partial charge >= 0.3 is 7.12 Å². The van der Waals surface area contributed by atoms with Crippen molar-refractivity contribution < 1.29 is 9.31 Å². The molecule has 0 aromatic heterocycles. The van der Waals surface area contributed by atoms with Crippen LogP contribution in [-0.4, -0.2) is 57.6 Å². The average Bonchev–Trinajstić information content (AvgIpc) is 3.31. The molecule has 1 heterocycles. The summed E-state index contributed by atoms with van der Waals surface area (Å²) in [6, 6.07) is 34.0. The third-order valence-electron chi connectivity index (χ3n) is 10.6. The standard InChI is InChI=1S/C40H28B6O2/c1-39(2)40(3,4)48-46(47-39)22-17-18-24-29(20-22)23-12-6-5-11-21(23)19-30(24)31-25-13-7-9-15-27(25)32(28-16-10-8-14-26(28)31)33-34(41)36(43)38(45)37(44)35(33)42/h5-20H,1-4H3. The molecule has 0 aliphatic carbocycles. The largest absolute Gasteiger partial charge is 0.494 e. The van der Waals surface area contributed by atoms with Gasteiger partial charge in [-0.2, -0.15) is 0 Å². The Balaban J connectivity index is 1.47. The molecule has 7 aromatic carbocycles. The molecule has 0 N–H and O–H groups in total. The van der Waals surface area contributed by atoms with Gasteiger partial charge in [-0.3, -0.25) is 0 Å². The van der Waals surface area contributed by atoms with E-state index in [2.05, 4.69) is 113 Å². The van der Waals surface area contributed by atoms with Gasteiger partial charge in [0.1, 0.15) is 39.2 Å². The van der Waals surface area contributed by atoms with Gasteiger partial charge in [0.2, 0.25) is 0 Å². The topological polar surface area (TPSA) is 18.5 Å². The van der Waals surface area contributed by atoms with E-state index in [0.29, 0.717) is 16.5 Å². The summed E-state index contributed by atoms with van der Waals surface area (Å²) in [5, 5.41) is 8.59. The van der Waals surface area contributed by atoms with Crippen molar-refractivity contribution in [3.63, 3.8) is 0 Å². The summed E-state index contributed by atoms with van der Waals surface area (Å²) in [5.41, 5.74) is 5.06. The van der Waals surface area contributed by atoms with E-state index in [-0.39, 0.29) is 16.4 Å². The fraction of sp³-hybridized carbons (Fsp3) is 0.150. The second-order valence-corrected chi connectivity index (χ2v) is 13.8. The summed E-state index contributed by atoms with van der Waals surface area (Å²) >= 11 is 0. The maximum atomic E-state index is 6.69. The molecule has 10 radical (unpaired) electrons. The molecule has 8 rings (SSSR count). The predicted octanol–water partition coefficient (Wildman–Crippen LogP) is 3.90. The van der Waals surface area contributed by atoms with Crippen LogP contribution in [0.2, 0.25) is 0 Å². The molecule has 0 atom stereocenters. The Labute approximate surface area is 288 Å². The summed E-state index contributed by atoms with van der Waals surface area (Å²) in [6.45, 7) is 8.32. The minimum atomic E-state index is -0.474. The van der Waals surface area contributed by atoms with Crippen LogP contribution in [0.3, 0.4) is 0 Å². The van der Waals surface area contributed by atoms with Gasteiger partial charge in [0.15, 0.2) is 0 Å². The highest BCUT2D eigenvalue weighted by atomic mass is 16.7. The zero-order chi connectivity index (χ0) is 33.7. The summed E-state index contributed by atoms with van der Waals surface area (Å²) in [4.78, 5) is 0. The van der Waals surface area contributed by atoms with E-state index in [1.807, 2.05) is 12.1 Å². The molecule has 0 unspecified atom stereocenters. The van der Waals surface area contributed by atoms with Crippen LogP contribution in [0.5, 0.6) is 0 Å². The van der Waals surface area contributed by atoms with E-state index in [1.165, 1.54) is 0 Å². The van der Waals surface area contributed by atoms with Gasteiger partial charge in [0.05, 0.1) is 11.2 Å². The van der Waals surface area contributed by atoms with E-state index >= 15 is 0 Å². The summed E-state index contributed by atoms with van der Waals surface area (Å²) < 4.78 is 12.9. The van der Waals surface area contributed by atoms with E-state index in [1.54, 1.807) is 0 Å². The van der Waals surface area contributed by atoms with Gasteiger partial charge in [0.25, 0.3) is 0 Å². The van der Waals surface area contributed by atoms with Crippen LogP contribution in [0.25, 0.3) is 65.3 Å². The van der Waals surface area contributed by atoms with Crippen LogP contribution in [0.1, 0.15) is 27.7 Å². The predicted molar refractivity (Wildman–Crippen MR) is 210 cm³/mol. The third-order valence-corrected chi connectivity index (χ3v) is 10.6. The van der Waals surface area contributed by atoms with E-state index in [9.17, 15) is 0 Å². The highest BCUT2D eigenvalue weighted by Crippen LogP contribution is 2.46. The van der Waals surface area contributed by atoms with Gasteiger partial charge in [-0.15, -0.1) is 16.4 Å². The normalized spacial score (nSPS) is 15.6. The number of fused-ring (bicyclic) bond motifs is 5. The first kappa shape index (κ1) is 31.2.